The van der Waals surface area contributed by atoms with Gasteiger partial charge in [-0.25, -0.2) is 4.79 Å². The van der Waals surface area contributed by atoms with Gasteiger partial charge in [-0.15, -0.1) is 0 Å². The molecule has 3 aromatic carbocycles. The van der Waals surface area contributed by atoms with Crippen molar-refractivity contribution in [3.05, 3.63) is 95.1 Å². The van der Waals surface area contributed by atoms with Crippen LogP contribution in [0.15, 0.2) is 72.8 Å². The molecule has 0 aliphatic rings. The summed E-state index contributed by atoms with van der Waals surface area (Å²) < 4.78 is 51.6. The summed E-state index contributed by atoms with van der Waals surface area (Å²) in [6, 6.07) is 16.9. The highest BCUT2D eigenvalue weighted by atomic mass is 19.3. The number of carbonyl (C=O) groups excluding carboxylic acids is 1. The Labute approximate surface area is 214 Å². The van der Waals surface area contributed by atoms with E-state index in [9.17, 15) is 18.0 Å². The molecule has 0 saturated heterocycles. The number of unbranched alkanes of at least 4 members (excludes halogenated alkanes) is 1. The lowest BCUT2D eigenvalue weighted by Crippen LogP contribution is -2.21. The van der Waals surface area contributed by atoms with Gasteiger partial charge >= 0.3 is 12.1 Å². The van der Waals surface area contributed by atoms with E-state index in [0.29, 0.717) is 36.2 Å². The molecule has 0 radical (unpaired) electrons. The monoisotopic (exact) mass is 512 g/mol. The standard InChI is InChI=1S/C29H31F3N2O3/c1-20(26-15-12-24(33)18-27(26)34)19-36-28(35)16-9-22-7-13-25(14-8-22)37-29(31,32)23-10-5-21(6-11-23)4-2-3-17-30/h5-16,18,20H,2-4,17,19,33-34H2,1H3/b16-9+. The third-order valence-corrected chi connectivity index (χ3v) is 5.79. The molecule has 4 N–H and O–H groups in total. The van der Waals surface area contributed by atoms with Crippen LogP contribution in [0.5, 0.6) is 5.75 Å². The Kier molecular flexibility index (Phi) is 9.60. The van der Waals surface area contributed by atoms with E-state index in [0.717, 1.165) is 11.1 Å². The summed E-state index contributed by atoms with van der Waals surface area (Å²) in [5.41, 5.74) is 14.8. The van der Waals surface area contributed by atoms with Gasteiger partial charge in [0.25, 0.3) is 0 Å². The second-order valence-corrected chi connectivity index (χ2v) is 8.78. The SMILES string of the molecule is CC(COC(=O)/C=C/c1ccc(OC(F)(F)c2ccc(CCCCF)cc2)cc1)c1ccc(N)cc1N. The zero-order chi connectivity index (χ0) is 26.8. The molecule has 8 heteroatoms. The van der Waals surface area contributed by atoms with Crippen LogP contribution in [0, 0.1) is 0 Å². The lowest BCUT2D eigenvalue weighted by atomic mass is 10.00. The number of benzene rings is 3. The Balaban J connectivity index is 1.51. The van der Waals surface area contributed by atoms with Gasteiger partial charge in [0.15, 0.2) is 0 Å². The number of carbonyl (C=O) groups is 1. The second-order valence-electron chi connectivity index (χ2n) is 8.78. The van der Waals surface area contributed by atoms with Gasteiger partial charge in [0.05, 0.1) is 18.8 Å². The first-order chi connectivity index (χ1) is 17.7. The molecule has 0 amide bonds. The van der Waals surface area contributed by atoms with Crippen molar-refractivity contribution >= 4 is 23.4 Å². The van der Waals surface area contributed by atoms with E-state index in [1.165, 1.54) is 36.4 Å². The molecule has 0 saturated carbocycles. The quantitative estimate of drug-likeness (QED) is 0.123. The maximum Gasteiger partial charge on any atom is 0.426 e. The number of aryl methyl sites for hydroxylation is 1. The maximum absolute atomic E-state index is 14.6. The van der Waals surface area contributed by atoms with Gasteiger partial charge in [-0.2, -0.15) is 8.78 Å². The van der Waals surface area contributed by atoms with E-state index in [1.54, 1.807) is 42.5 Å². The van der Waals surface area contributed by atoms with Crippen molar-refractivity contribution in [2.24, 2.45) is 0 Å². The highest BCUT2D eigenvalue weighted by Gasteiger charge is 2.34. The molecule has 37 heavy (non-hydrogen) atoms. The van der Waals surface area contributed by atoms with E-state index in [-0.39, 0.29) is 30.5 Å². The fourth-order valence-corrected chi connectivity index (χ4v) is 3.69. The van der Waals surface area contributed by atoms with Crippen LogP contribution in [-0.4, -0.2) is 19.3 Å². The lowest BCUT2D eigenvalue weighted by molar-refractivity contribution is -0.185. The molecule has 0 fully saturated rings. The number of halogens is 3. The summed E-state index contributed by atoms with van der Waals surface area (Å²) in [7, 11) is 0. The molecule has 3 rings (SSSR count). The van der Waals surface area contributed by atoms with Crippen molar-refractivity contribution in [2.75, 3.05) is 24.7 Å². The van der Waals surface area contributed by atoms with E-state index < -0.39 is 12.1 Å². The summed E-state index contributed by atoms with van der Waals surface area (Å²) in [5, 5.41) is 0. The molecule has 0 aromatic heterocycles. The van der Waals surface area contributed by atoms with E-state index in [2.05, 4.69) is 0 Å². The van der Waals surface area contributed by atoms with Gasteiger partial charge in [0, 0.05) is 23.4 Å². The average molecular weight is 513 g/mol. The molecule has 196 valence electrons. The van der Waals surface area contributed by atoms with Crippen LogP contribution in [0.1, 0.15) is 47.9 Å². The average Bonchev–Trinajstić information content (AvgIpc) is 2.87. The highest BCUT2D eigenvalue weighted by Crippen LogP contribution is 2.32. The Hall–Kier alpha value is -3.94. The molecular formula is C29H31F3N2O3. The zero-order valence-electron chi connectivity index (χ0n) is 20.6. The van der Waals surface area contributed by atoms with Crippen LogP contribution in [0.3, 0.4) is 0 Å². The maximum atomic E-state index is 14.6. The van der Waals surface area contributed by atoms with Crippen LogP contribution in [-0.2, 0) is 22.1 Å². The fraction of sp³-hybridized carbons (Fsp3) is 0.276. The van der Waals surface area contributed by atoms with E-state index >= 15 is 0 Å². The van der Waals surface area contributed by atoms with Crippen LogP contribution < -0.4 is 16.2 Å². The number of nitrogen functional groups attached to an aromatic ring is 2. The van der Waals surface area contributed by atoms with Crippen molar-refractivity contribution in [3.8, 4) is 5.75 Å². The molecule has 1 atom stereocenters. The molecule has 5 nitrogen and oxygen atoms in total. The lowest BCUT2D eigenvalue weighted by Gasteiger charge is -2.18. The predicted molar refractivity (Wildman–Crippen MR) is 140 cm³/mol. The minimum atomic E-state index is -3.52. The number of esters is 1. The summed E-state index contributed by atoms with van der Waals surface area (Å²) >= 11 is 0. The van der Waals surface area contributed by atoms with Crippen molar-refractivity contribution < 1.29 is 27.4 Å². The smallest absolute Gasteiger partial charge is 0.426 e. The third kappa shape index (κ3) is 8.31. The molecular weight excluding hydrogens is 481 g/mol. The van der Waals surface area contributed by atoms with Gasteiger partial charge in [-0.1, -0.05) is 37.3 Å². The van der Waals surface area contributed by atoms with E-state index in [4.69, 9.17) is 20.9 Å². The number of hydrogen-bond donors (Lipinski definition) is 2. The number of rotatable bonds is 12. The molecule has 0 spiro atoms. The summed E-state index contributed by atoms with van der Waals surface area (Å²) in [5.74, 6) is -0.679. The topological polar surface area (TPSA) is 87.6 Å². The van der Waals surface area contributed by atoms with Crippen molar-refractivity contribution in [2.45, 2.75) is 38.2 Å². The molecule has 0 heterocycles. The fourth-order valence-electron chi connectivity index (χ4n) is 3.69. The molecule has 3 aromatic rings. The second kappa shape index (κ2) is 12.9. The van der Waals surface area contributed by atoms with Crippen LogP contribution >= 0.6 is 0 Å². The normalized spacial score (nSPS) is 12.4. The number of ether oxygens (including phenoxy) is 2. The first-order valence-corrected chi connectivity index (χ1v) is 12.0. The summed E-state index contributed by atoms with van der Waals surface area (Å²) in [6.45, 7) is 1.64. The Morgan fingerprint density at radius 2 is 1.70 bits per heavy atom. The Bertz CT molecular complexity index is 1200. The van der Waals surface area contributed by atoms with Crippen LogP contribution in [0.25, 0.3) is 6.08 Å². The summed E-state index contributed by atoms with van der Waals surface area (Å²) in [6.07, 6.45) is 1.01. The van der Waals surface area contributed by atoms with Crippen LogP contribution in [0.4, 0.5) is 24.5 Å². The predicted octanol–water partition coefficient (Wildman–Crippen LogP) is 6.63. The highest BCUT2D eigenvalue weighted by molar-refractivity contribution is 5.87. The minimum Gasteiger partial charge on any atom is -0.462 e. The Morgan fingerprint density at radius 3 is 2.35 bits per heavy atom. The summed E-state index contributed by atoms with van der Waals surface area (Å²) in [4.78, 5) is 12.1. The van der Waals surface area contributed by atoms with Gasteiger partial charge in [0.1, 0.15) is 5.75 Å². The first-order valence-electron chi connectivity index (χ1n) is 12.0. The third-order valence-electron chi connectivity index (χ3n) is 5.79. The van der Waals surface area contributed by atoms with Gasteiger partial charge in [0.2, 0.25) is 0 Å². The molecule has 0 aliphatic carbocycles. The van der Waals surface area contributed by atoms with Crippen LogP contribution in [0.2, 0.25) is 0 Å². The van der Waals surface area contributed by atoms with Crippen molar-refractivity contribution in [3.63, 3.8) is 0 Å². The molecule has 0 bridgehead atoms. The van der Waals surface area contributed by atoms with Crippen molar-refractivity contribution in [1.29, 1.82) is 0 Å². The largest absolute Gasteiger partial charge is 0.462 e. The zero-order valence-corrected chi connectivity index (χ0v) is 20.6. The number of alkyl halides is 3. The minimum absolute atomic E-state index is 0.0216. The van der Waals surface area contributed by atoms with Crippen molar-refractivity contribution in [1.82, 2.24) is 0 Å². The molecule has 0 aliphatic heterocycles. The van der Waals surface area contributed by atoms with Gasteiger partial charge in [-0.05, 0) is 78.4 Å². The van der Waals surface area contributed by atoms with Gasteiger partial charge in [-0.3, -0.25) is 4.39 Å². The Morgan fingerprint density at radius 1 is 1.00 bits per heavy atom. The molecule has 1 unspecified atom stereocenters. The van der Waals surface area contributed by atoms with E-state index in [1.807, 2.05) is 6.92 Å². The number of anilines is 2. The first kappa shape index (κ1) is 27.6. The number of nitrogens with two attached hydrogens (primary N) is 2. The van der Waals surface area contributed by atoms with Gasteiger partial charge < -0.3 is 20.9 Å². The number of hydrogen-bond acceptors (Lipinski definition) is 5.